The molecule has 0 bridgehead atoms. The summed E-state index contributed by atoms with van der Waals surface area (Å²) in [6.07, 6.45) is 27.2. The van der Waals surface area contributed by atoms with Crippen molar-refractivity contribution in [2.45, 2.75) is 32.6 Å². The molecule has 208 valence electrons. The molecule has 4 aliphatic carbocycles. The number of aromatic nitrogens is 1. The first-order chi connectivity index (χ1) is 21.3. The monoisotopic (exact) mass is 553 g/mol. The smallest absolute Gasteiger partial charge is 0.0373 e. The van der Waals surface area contributed by atoms with E-state index in [0.717, 1.165) is 31.4 Å². The Morgan fingerprint density at radius 2 is 1.26 bits per heavy atom. The van der Waals surface area contributed by atoms with Crippen LogP contribution in [0.25, 0.3) is 33.1 Å². The maximum atomic E-state index is 4.55. The van der Waals surface area contributed by atoms with Crippen LogP contribution >= 0.6 is 0 Å². The molecule has 0 saturated carbocycles. The van der Waals surface area contributed by atoms with Gasteiger partial charge in [0, 0.05) is 23.7 Å². The minimum absolute atomic E-state index is 0.286. The fourth-order valence-corrected chi connectivity index (χ4v) is 7.58. The lowest BCUT2D eigenvalue weighted by Gasteiger charge is -2.35. The van der Waals surface area contributed by atoms with E-state index >= 15 is 0 Å². The Hall–Kier alpha value is -4.75. The largest absolute Gasteiger partial charge is 0.261 e. The lowest BCUT2D eigenvalue weighted by Crippen LogP contribution is -2.40. The third-order valence-corrected chi connectivity index (χ3v) is 9.66. The second kappa shape index (κ2) is 10.8. The first-order valence-corrected chi connectivity index (χ1v) is 15.7. The van der Waals surface area contributed by atoms with Crippen LogP contribution in [0, 0.1) is 18.8 Å². The highest BCUT2D eigenvalue weighted by Crippen LogP contribution is 2.44. The second-order valence-corrected chi connectivity index (χ2v) is 12.1. The van der Waals surface area contributed by atoms with E-state index in [4.69, 9.17) is 0 Å². The number of hydrogen-bond acceptors (Lipinski definition) is 1. The fraction of sp³-hybridized carbons (Fsp3) is 0.167. The molecular weight excluding hydrogens is 518 g/mol. The first-order valence-electron chi connectivity index (χ1n) is 15.7. The van der Waals surface area contributed by atoms with Gasteiger partial charge in [0.05, 0.1) is 0 Å². The lowest BCUT2D eigenvalue weighted by molar-refractivity contribution is 0.680. The van der Waals surface area contributed by atoms with E-state index in [1.807, 2.05) is 13.1 Å². The normalized spacial score (nSPS) is 20.8. The van der Waals surface area contributed by atoms with Crippen LogP contribution in [-0.2, 0) is 0 Å². The molecule has 3 aromatic carbocycles. The van der Waals surface area contributed by atoms with Crippen molar-refractivity contribution in [2.75, 3.05) is 0 Å². The van der Waals surface area contributed by atoms with Crippen LogP contribution < -0.4 is 10.4 Å². The fourth-order valence-electron chi connectivity index (χ4n) is 7.58. The quantitative estimate of drug-likeness (QED) is 0.246. The summed E-state index contributed by atoms with van der Waals surface area (Å²) in [6, 6.07) is 27.3. The molecule has 1 heterocycles. The average Bonchev–Trinajstić information content (AvgIpc) is 3.08. The first kappa shape index (κ1) is 25.9. The molecule has 1 heteroatoms. The molecule has 1 nitrogen and oxygen atoms in total. The number of benzene rings is 3. The maximum absolute atomic E-state index is 4.55. The van der Waals surface area contributed by atoms with Gasteiger partial charge in [-0.2, -0.15) is 0 Å². The van der Waals surface area contributed by atoms with Gasteiger partial charge in [-0.05, 0) is 104 Å². The van der Waals surface area contributed by atoms with Gasteiger partial charge in [0.25, 0.3) is 0 Å². The summed E-state index contributed by atoms with van der Waals surface area (Å²) in [4.78, 5) is 4.55. The molecule has 2 unspecified atom stereocenters. The molecule has 8 rings (SSSR count). The Morgan fingerprint density at radius 3 is 1.95 bits per heavy atom. The number of nitrogens with zero attached hydrogens (tertiary/aromatic N) is 1. The van der Waals surface area contributed by atoms with Gasteiger partial charge in [-0.25, -0.2) is 0 Å². The van der Waals surface area contributed by atoms with Gasteiger partial charge < -0.3 is 0 Å². The Balaban J connectivity index is 1.35. The van der Waals surface area contributed by atoms with E-state index in [9.17, 15) is 0 Å². The lowest BCUT2D eigenvalue weighted by atomic mass is 9.68. The van der Waals surface area contributed by atoms with Gasteiger partial charge in [-0.15, -0.1) is 0 Å². The molecule has 0 N–H and O–H groups in total. The predicted molar refractivity (Wildman–Crippen MR) is 181 cm³/mol. The van der Waals surface area contributed by atoms with Gasteiger partial charge in [-0.1, -0.05) is 121 Å². The molecule has 43 heavy (non-hydrogen) atoms. The van der Waals surface area contributed by atoms with Crippen LogP contribution in [0.5, 0.6) is 0 Å². The Labute approximate surface area is 254 Å². The number of fused-ring (bicyclic) bond motifs is 3. The number of rotatable bonds is 4. The third kappa shape index (κ3) is 4.51. The Kier molecular flexibility index (Phi) is 6.52. The summed E-state index contributed by atoms with van der Waals surface area (Å²) < 4.78 is 0. The molecule has 1 aromatic heterocycles. The van der Waals surface area contributed by atoms with Crippen LogP contribution in [-0.4, -0.2) is 4.98 Å². The summed E-state index contributed by atoms with van der Waals surface area (Å²) in [5.74, 6) is 0.593. The van der Waals surface area contributed by atoms with Crippen molar-refractivity contribution in [3.63, 3.8) is 0 Å². The zero-order chi connectivity index (χ0) is 28.8. The zero-order valence-corrected chi connectivity index (χ0v) is 24.6. The molecule has 0 amide bonds. The second-order valence-electron chi connectivity index (χ2n) is 12.1. The zero-order valence-electron chi connectivity index (χ0n) is 24.6. The standard InChI is InChI=1S/C42H35N/c1-28-19-20-32(27-43-28)29-21-23-31(24-22-29)41-36-15-7-9-17-38(36)42(39-18-10-8-16-37(39)41)40-26-25-33(30-11-3-2-4-12-30)34-13-5-6-14-35(34)40/h2-3,5-11,13-21,23,25-27,36,38H,4,12,22,24H2,1H3. The Morgan fingerprint density at radius 1 is 0.581 bits per heavy atom. The van der Waals surface area contributed by atoms with Crippen LogP contribution in [0.3, 0.4) is 0 Å². The predicted octanol–water partition coefficient (Wildman–Crippen LogP) is 8.80. The van der Waals surface area contributed by atoms with E-state index < -0.39 is 0 Å². The molecule has 0 aliphatic heterocycles. The van der Waals surface area contributed by atoms with Crippen LogP contribution in [0.4, 0.5) is 0 Å². The van der Waals surface area contributed by atoms with Gasteiger partial charge in [0.15, 0.2) is 0 Å². The third-order valence-electron chi connectivity index (χ3n) is 9.66. The highest BCUT2D eigenvalue weighted by molar-refractivity contribution is 6.02. The minimum Gasteiger partial charge on any atom is -0.261 e. The van der Waals surface area contributed by atoms with E-state index in [0.29, 0.717) is 5.92 Å². The van der Waals surface area contributed by atoms with Crippen LogP contribution in [0.1, 0.15) is 48.1 Å². The highest BCUT2D eigenvalue weighted by atomic mass is 14.7. The van der Waals surface area contributed by atoms with Crippen molar-refractivity contribution in [1.29, 1.82) is 0 Å². The topological polar surface area (TPSA) is 12.9 Å². The average molecular weight is 554 g/mol. The molecule has 0 saturated heterocycles. The molecule has 4 aliphatic rings. The summed E-state index contributed by atoms with van der Waals surface area (Å²) >= 11 is 0. The maximum Gasteiger partial charge on any atom is 0.0373 e. The van der Waals surface area contributed by atoms with Crippen molar-refractivity contribution < 1.29 is 0 Å². The van der Waals surface area contributed by atoms with Crippen molar-refractivity contribution >= 4 is 33.1 Å². The summed E-state index contributed by atoms with van der Waals surface area (Å²) in [5.41, 5.74) is 12.2. The molecular formula is C42H35N. The SMILES string of the molecule is Cc1ccc(C2=CC=C(C3=c4ccccc4=C(c4ccc(C5=CC=CCC5)c5ccccc45)C4C=CC=CC34)CC2)cn1. The molecule has 2 atom stereocenters. The van der Waals surface area contributed by atoms with E-state index in [-0.39, 0.29) is 5.92 Å². The van der Waals surface area contributed by atoms with Crippen LogP contribution in [0.15, 0.2) is 139 Å². The van der Waals surface area contributed by atoms with E-state index in [2.05, 4.69) is 132 Å². The van der Waals surface area contributed by atoms with Crippen molar-refractivity contribution in [2.24, 2.45) is 11.8 Å². The highest BCUT2D eigenvalue weighted by Gasteiger charge is 2.33. The minimum atomic E-state index is 0.286. The van der Waals surface area contributed by atoms with Gasteiger partial charge in [0.2, 0.25) is 0 Å². The number of allylic oxidation sites excluding steroid dienone is 12. The summed E-state index contributed by atoms with van der Waals surface area (Å²) in [5, 5.41) is 5.45. The summed E-state index contributed by atoms with van der Waals surface area (Å²) in [6.45, 7) is 2.05. The van der Waals surface area contributed by atoms with Crippen molar-refractivity contribution in [3.8, 4) is 0 Å². The number of pyridine rings is 1. The van der Waals surface area contributed by atoms with Gasteiger partial charge in [0.1, 0.15) is 0 Å². The molecule has 0 spiro atoms. The van der Waals surface area contributed by atoms with E-state index in [1.165, 1.54) is 65.8 Å². The van der Waals surface area contributed by atoms with Crippen molar-refractivity contribution in [1.82, 2.24) is 4.98 Å². The Bertz CT molecular complexity index is 2070. The van der Waals surface area contributed by atoms with E-state index in [1.54, 1.807) is 0 Å². The molecule has 0 fully saturated rings. The number of hydrogen-bond donors (Lipinski definition) is 0. The van der Waals surface area contributed by atoms with Gasteiger partial charge >= 0.3 is 0 Å². The van der Waals surface area contributed by atoms with Crippen LogP contribution in [0.2, 0.25) is 0 Å². The molecule has 0 radical (unpaired) electrons. The van der Waals surface area contributed by atoms with Gasteiger partial charge in [-0.3, -0.25) is 4.98 Å². The summed E-state index contributed by atoms with van der Waals surface area (Å²) in [7, 11) is 0. The molecule has 4 aromatic rings. The number of aryl methyl sites for hydroxylation is 1. The van der Waals surface area contributed by atoms with Crippen molar-refractivity contribution in [3.05, 3.63) is 172 Å².